The van der Waals surface area contributed by atoms with Crippen LogP contribution in [0.5, 0.6) is 5.75 Å². The quantitative estimate of drug-likeness (QED) is 0.396. The van der Waals surface area contributed by atoms with Crippen molar-refractivity contribution in [1.29, 1.82) is 0 Å². The lowest BCUT2D eigenvalue weighted by atomic mass is 10.1. The molecule has 3 rings (SSSR count). The molecule has 0 aliphatic rings. The summed E-state index contributed by atoms with van der Waals surface area (Å²) in [5.41, 5.74) is -0.666. The zero-order valence-electron chi connectivity index (χ0n) is 17.6. The minimum absolute atomic E-state index is 0.0128. The molecule has 1 N–H and O–H groups in total. The number of Topliss-reactive ketones (excluding diaryl/α,β-unsaturated/α-hetero) is 1. The Morgan fingerprint density at radius 2 is 1.85 bits per heavy atom. The van der Waals surface area contributed by atoms with Crippen molar-refractivity contribution in [3.63, 3.8) is 0 Å². The normalized spacial score (nSPS) is 10.5. The van der Waals surface area contributed by atoms with Crippen LogP contribution in [0.15, 0.2) is 59.5 Å². The Hall–Kier alpha value is -4.14. The first-order valence-corrected chi connectivity index (χ1v) is 9.92. The van der Waals surface area contributed by atoms with Gasteiger partial charge >= 0.3 is 0 Å². The molecule has 2 aromatic carbocycles. The van der Waals surface area contributed by atoms with E-state index in [0.29, 0.717) is 12.4 Å². The van der Waals surface area contributed by atoms with E-state index in [1.54, 1.807) is 30.3 Å². The van der Waals surface area contributed by atoms with Crippen molar-refractivity contribution >= 4 is 18.0 Å². The van der Waals surface area contributed by atoms with Gasteiger partial charge in [0.05, 0.1) is 6.54 Å². The summed E-state index contributed by atoms with van der Waals surface area (Å²) in [6.45, 7) is 0.544. The fraction of sp³-hybridized carbons (Fsp3) is 0.167. The highest BCUT2D eigenvalue weighted by Crippen LogP contribution is 2.18. The van der Waals surface area contributed by atoms with E-state index in [1.807, 2.05) is 0 Å². The summed E-state index contributed by atoms with van der Waals surface area (Å²) in [5.74, 6) is -3.39. The average Bonchev–Trinajstić information content (AvgIpc) is 2.78. The van der Waals surface area contributed by atoms with Crippen LogP contribution < -0.4 is 15.5 Å². The number of pyridine rings is 1. The Kier molecular flexibility index (Phi) is 7.45. The van der Waals surface area contributed by atoms with E-state index in [1.165, 1.54) is 13.0 Å². The first kappa shape index (κ1) is 23.5. The van der Waals surface area contributed by atoms with Crippen molar-refractivity contribution in [2.24, 2.45) is 0 Å². The molecule has 1 heterocycles. The molecular weight excluding hydrogens is 434 g/mol. The van der Waals surface area contributed by atoms with Crippen molar-refractivity contribution in [2.45, 2.75) is 26.6 Å². The highest BCUT2D eigenvalue weighted by Gasteiger charge is 2.24. The maximum absolute atomic E-state index is 13.9. The third-order valence-electron chi connectivity index (χ3n) is 4.77. The molecule has 0 aliphatic heterocycles. The van der Waals surface area contributed by atoms with E-state index < -0.39 is 34.3 Å². The molecule has 0 bridgehead atoms. The minimum Gasteiger partial charge on any atom is -0.483 e. The molecule has 0 fully saturated rings. The summed E-state index contributed by atoms with van der Waals surface area (Å²) >= 11 is 0. The third kappa shape index (κ3) is 5.57. The number of amides is 1. The number of nitrogens with one attached hydrogen (secondary N) is 1. The molecule has 1 aromatic heterocycles. The minimum atomic E-state index is -0.872. The smallest absolute Gasteiger partial charge is 0.257 e. The first-order valence-electron chi connectivity index (χ1n) is 9.92. The van der Waals surface area contributed by atoms with E-state index in [4.69, 9.17) is 4.74 Å². The van der Waals surface area contributed by atoms with Crippen LogP contribution in [0.1, 0.15) is 38.9 Å². The van der Waals surface area contributed by atoms with Gasteiger partial charge in [-0.2, -0.15) is 0 Å². The maximum Gasteiger partial charge on any atom is 0.257 e. The number of benzene rings is 2. The summed E-state index contributed by atoms with van der Waals surface area (Å²) < 4.78 is 33.7. The first-order chi connectivity index (χ1) is 15.8. The van der Waals surface area contributed by atoms with Crippen LogP contribution >= 0.6 is 0 Å². The Morgan fingerprint density at radius 3 is 2.48 bits per heavy atom. The number of halogens is 2. The number of aromatic nitrogens is 1. The number of hydrogen-bond donors (Lipinski definition) is 1. The fourth-order valence-electron chi connectivity index (χ4n) is 3.19. The van der Waals surface area contributed by atoms with E-state index in [9.17, 15) is 28.0 Å². The fourth-order valence-corrected chi connectivity index (χ4v) is 3.19. The molecule has 0 radical (unpaired) electrons. The molecule has 9 heteroatoms. The molecule has 3 aromatic rings. The van der Waals surface area contributed by atoms with Gasteiger partial charge in [-0.1, -0.05) is 36.4 Å². The highest BCUT2D eigenvalue weighted by molar-refractivity contribution is 5.98. The SMILES string of the molecule is CC(=O)c1c(OCc2ccccc2)c(=O)c(C(=O)NCc2ccc(F)cc2F)cn1CC=O. The van der Waals surface area contributed by atoms with Gasteiger partial charge in [0, 0.05) is 31.3 Å². The van der Waals surface area contributed by atoms with Gasteiger partial charge in [-0.25, -0.2) is 8.78 Å². The van der Waals surface area contributed by atoms with Gasteiger partial charge in [0.25, 0.3) is 5.91 Å². The Morgan fingerprint density at radius 1 is 1.12 bits per heavy atom. The lowest BCUT2D eigenvalue weighted by molar-refractivity contribution is -0.108. The van der Waals surface area contributed by atoms with Crippen LogP contribution in [0.2, 0.25) is 0 Å². The molecule has 0 saturated heterocycles. The second-order valence-corrected chi connectivity index (χ2v) is 7.12. The molecule has 7 nitrogen and oxygen atoms in total. The number of nitrogens with zero attached hydrogens (tertiary/aromatic N) is 1. The van der Waals surface area contributed by atoms with Crippen molar-refractivity contribution in [3.8, 4) is 5.75 Å². The number of aldehydes is 1. The van der Waals surface area contributed by atoms with Gasteiger partial charge < -0.3 is 19.4 Å². The second-order valence-electron chi connectivity index (χ2n) is 7.12. The van der Waals surface area contributed by atoms with Crippen molar-refractivity contribution in [3.05, 3.63) is 99.0 Å². The molecule has 0 unspecified atom stereocenters. The molecule has 0 saturated carbocycles. The Bertz CT molecular complexity index is 1260. The largest absolute Gasteiger partial charge is 0.483 e. The van der Waals surface area contributed by atoms with Gasteiger partial charge in [-0.05, 0) is 11.6 Å². The van der Waals surface area contributed by atoms with Crippen LogP contribution in [0.3, 0.4) is 0 Å². The van der Waals surface area contributed by atoms with Crippen molar-refractivity contribution in [1.82, 2.24) is 9.88 Å². The zero-order chi connectivity index (χ0) is 24.0. The van der Waals surface area contributed by atoms with Crippen LogP contribution in [0.4, 0.5) is 8.78 Å². The molecule has 0 atom stereocenters. The molecular formula is C24H20F2N2O5. The summed E-state index contributed by atoms with van der Waals surface area (Å²) in [6.07, 6.45) is 1.59. The third-order valence-corrected chi connectivity index (χ3v) is 4.77. The van der Waals surface area contributed by atoms with Crippen molar-refractivity contribution < 1.29 is 27.9 Å². The number of ether oxygens (including phenoxy) is 1. The topological polar surface area (TPSA) is 94.5 Å². The monoisotopic (exact) mass is 454 g/mol. The zero-order valence-corrected chi connectivity index (χ0v) is 17.6. The maximum atomic E-state index is 13.9. The highest BCUT2D eigenvalue weighted by atomic mass is 19.1. The van der Waals surface area contributed by atoms with E-state index in [0.717, 1.165) is 22.4 Å². The van der Waals surface area contributed by atoms with Gasteiger partial charge in [0.15, 0.2) is 11.5 Å². The Balaban J connectivity index is 1.96. The number of hydrogen-bond acceptors (Lipinski definition) is 5. The van der Waals surface area contributed by atoms with Gasteiger partial charge in [-0.3, -0.25) is 14.4 Å². The molecule has 170 valence electrons. The number of rotatable bonds is 9. The van der Waals surface area contributed by atoms with E-state index >= 15 is 0 Å². The number of ketones is 1. The van der Waals surface area contributed by atoms with Crippen molar-refractivity contribution in [2.75, 3.05) is 0 Å². The average molecular weight is 454 g/mol. The predicted molar refractivity (Wildman–Crippen MR) is 115 cm³/mol. The van der Waals surface area contributed by atoms with E-state index in [2.05, 4.69) is 5.32 Å². The lowest BCUT2D eigenvalue weighted by Crippen LogP contribution is -2.32. The van der Waals surface area contributed by atoms with Crippen LogP contribution in [0, 0.1) is 11.6 Å². The van der Waals surface area contributed by atoms with Crippen LogP contribution in [-0.2, 0) is 24.5 Å². The van der Waals surface area contributed by atoms with Crippen LogP contribution in [-0.4, -0.2) is 22.5 Å². The van der Waals surface area contributed by atoms with Gasteiger partial charge in [0.2, 0.25) is 5.43 Å². The standard InChI is InChI=1S/C24H20F2N2O5/c1-15(30)21-23(33-14-16-5-3-2-4-6-16)22(31)19(13-28(21)9-10-29)24(32)27-12-17-7-8-18(25)11-20(17)26/h2-8,10-11,13H,9,12,14H2,1H3,(H,27,32). The Labute approximate surface area is 187 Å². The summed E-state index contributed by atoms with van der Waals surface area (Å²) in [4.78, 5) is 49.2. The molecule has 33 heavy (non-hydrogen) atoms. The number of carbonyl (C=O) groups excluding carboxylic acids is 3. The predicted octanol–water partition coefficient (Wildman–Crippen LogP) is 3.04. The molecule has 0 aliphatic carbocycles. The second kappa shape index (κ2) is 10.4. The summed E-state index contributed by atoms with van der Waals surface area (Å²) in [7, 11) is 0. The van der Waals surface area contributed by atoms with Crippen LogP contribution in [0.25, 0.3) is 0 Å². The lowest BCUT2D eigenvalue weighted by Gasteiger charge is -2.16. The summed E-state index contributed by atoms with van der Waals surface area (Å²) in [5, 5.41) is 2.39. The van der Waals surface area contributed by atoms with Gasteiger partial charge in [0.1, 0.15) is 35.8 Å². The van der Waals surface area contributed by atoms with Gasteiger partial charge in [-0.15, -0.1) is 0 Å². The molecule has 1 amide bonds. The number of carbonyl (C=O) groups is 3. The van der Waals surface area contributed by atoms with E-state index in [-0.39, 0.29) is 36.7 Å². The summed E-state index contributed by atoms with van der Waals surface area (Å²) in [6, 6.07) is 11.7. The molecule has 0 spiro atoms.